The molecule has 0 aliphatic carbocycles. The van der Waals surface area contributed by atoms with Crippen LogP contribution >= 0.6 is 11.3 Å². The molecule has 0 spiro atoms. The Bertz CT molecular complexity index is 1040. The molecule has 29 heavy (non-hydrogen) atoms. The Balaban J connectivity index is 1.41. The number of nitrogens with one attached hydrogen (secondary N) is 1. The van der Waals surface area contributed by atoms with Crippen LogP contribution in [0.2, 0.25) is 0 Å². The molecule has 0 bridgehead atoms. The van der Waals surface area contributed by atoms with Crippen molar-refractivity contribution in [2.45, 2.75) is 25.3 Å². The standard InChI is InChI=1S/C20H17F2N3O3S/c21-13-6-5-12(15(22)10-13)9-14-11-23-20(29-14)24-18(26)16-3-1-7-25(16)19(27)17-4-2-8-28-17/h2,4-6,8,10-11,16H,1,3,7,9H2,(H,23,24,26). The maximum atomic E-state index is 13.8. The Morgan fingerprint density at radius 2 is 2.17 bits per heavy atom. The molecular weight excluding hydrogens is 400 g/mol. The van der Waals surface area contributed by atoms with E-state index in [0.29, 0.717) is 23.7 Å². The van der Waals surface area contributed by atoms with E-state index in [1.54, 1.807) is 18.3 Å². The molecule has 2 aromatic heterocycles. The van der Waals surface area contributed by atoms with Crippen molar-refractivity contribution < 1.29 is 22.8 Å². The highest BCUT2D eigenvalue weighted by Crippen LogP contribution is 2.25. The zero-order valence-corrected chi connectivity index (χ0v) is 16.0. The van der Waals surface area contributed by atoms with Gasteiger partial charge in [-0.3, -0.25) is 9.59 Å². The van der Waals surface area contributed by atoms with Gasteiger partial charge in [-0.1, -0.05) is 6.07 Å². The summed E-state index contributed by atoms with van der Waals surface area (Å²) in [5.41, 5.74) is 0.346. The quantitative estimate of drug-likeness (QED) is 0.684. The van der Waals surface area contributed by atoms with E-state index < -0.39 is 17.7 Å². The summed E-state index contributed by atoms with van der Waals surface area (Å²) < 4.78 is 32.0. The third-order valence-electron chi connectivity index (χ3n) is 4.71. The molecule has 1 saturated heterocycles. The van der Waals surface area contributed by atoms with E-state index in [-0.39, 0.29) is 24.0 Å². The third-order valence-corrected chi connectivity index (χ3v) is 5.62. The van der Waals surface area contributed by atoms with Gasteiger partial charge in [-0.2, -0.15) is 0 Å². The van der Waals surface area contributed by atoms with E-state index in [2.05, 4.69) is 10.3 Å². The van der Waals surface area contributed by atoms with Crippen molar-refractivity contribution in [3.05, 3.63) is 70.6 Å². The predicted octanol–water partition coefficient (Wildman–Crippen LogP) is 3.85. The SMILES string of the molecule is O=C(Nc1ncc(Cc2ccc(F)cc2F)s1)C1CCCN1C(=O)c1ccco1. The minimum Gasteiger partial charge on any atom is -0.459 e. The molecule has 1 unspecified atom stereocenters. The Kier molecular flexibility index (Phi) is 5.39. The number of nitrogens with zero attached hydrogens (tertiary/aromatic N) is 2. The van der Waals surface area contributed by atoms with Crippen molar-refractivity contribution >= 4 is 28.3 Å². The fraction of sp³-hybridized carbons (Fsp3) is 0.250. The number of likely N-dealkylation sites (tertiary alicyclic amines) is 1. The van der Waals surface area contributed by atoms with Crippen LogP contribution in [0, 0.1) is 11.6 Å². The maximum Gasteiger partial charge on any atom is 0.290 e. The van der Waals surface area contributed by atoms with E-state index in [0.717, 1.165) is 17.4 Å². The Morgan fingerprint density at radius 1 is 1.31 bits per heavy atom. The first-order chi connectivity index (χ1) is 14.0. The Hall–Kier alpha value is -3.07. The van der Waals surface area contributed by atoms with E-state index >= 15 is 0 Å². The topological polar surface area (TPSA) is 75.4 Å². The number of carbonyl (C=O) groups excluding carboxylic acids is 2. The zero-order valence-electron chi connectivity index (χ0n) is 15.2. The Labute approximate surface area is 169 Å². The van der Waals surface area contributed by atoms with Gasteiger partial charge in [-0.15, -0.1) is 11.3 Å². The number of hydrogen-bond acceptors (Lipinski definition) is 5. The first kappa shape index (κ1) is 19.3. The zero-order chi connectivity index (χ0) is 20.4. The third kappa shape index (κ3) is 4.19. The minimum atomic E-state index is -0.631. The fourth-order valence-corrected chi connectivity index (χ4v) is 4.15. The summed E-state index contributed by atoms with van der Waals surface area (Å²) in [6.45, 7) is 0.477. The molecule has 2 amide bonds. The highest BCUT2D eigenvalue weighted by atomic mass is 32.1. The summed E-state index contributed by atoms with van der Waals surface area (Å²) >= 11 is 1.21. The van der Waals surface area contributed by atoms with Crippen LogP contribution in [0.1, 0.15) is 33.8 Å². The Morgan fingerprint density at radius 3 is 2.93 bits per heavy atom. The maximum absolute atomic E-state index is 13.8. The van der Waals surface area contributed by atoms with Gasteiger partial charge in [0.15, 0.2) is 10.9 Å². The second-order valence-electron chi connectivity index (χ2n) is 6.67. The number of thiazole rings is 1. The first-order valence-electron chi connectivity index (χ1n) is 9.05. The van der Waals surface area contributed by atoms with Gasteiger partial charge in [0.2, 0.25) is 5.91 Å². The number of halogens is 2. The molecule has 4 rings (SSSR count). The molecule has 1 fully saturated rings. The lowest BCUT2D eigenvalue weighted by molar-refractivity contribution is -0.119. The average molecular weight is 417 g/mol. The van der Waals surface area contributed by atoms with Gasteiger partial charge in [0.1, 0.15) is 17.7 Å². The average Bonchev–Trinajstić information content (AvgIpc) is 3.45. The van der Waals surface area contributed by atoms with Crippen LogP contribution in [0.15, 0.2) is 47.2 Å². The number of benzene rings is 1. The molecule has 0 saturated carbocycles. The largest absolute Gasteiger partial charge is 0.459 e. The van der Waals surface area contributed by atoms with Crippen LogP contribution < -0.4 is 5.32 Å². The van der Waals surface area contributed by atoms with Crippen molar-refractivity contribution in [2.24, 2.45) is 0 Å². The summed E-state index contributed by atoms with van der Waals surface area (Å²) in [6, 6.07) is 6.02. The molecule has 150 valence electrons. The summed E-state index contributed by atoms with van der Waals surface area (Å²) in [4.78, 5) is 31.6. The smallest absolute Gasteiger partial charge is 0.290 e. The minimum absolute atomic E-state index is 0.197. The van der Waals surface area contributed by atoms with Gasteiger partial charge < -0.3 is 14.6 Å². The highest BCUT2D eigenvalue weighted by molar-refractivity contribution is 7.15. The lowest BCUT2D eigenvalue weighted by Gasteiger charge is -2.22. The van der Waals surface area contributed by atoms with Crippen molar-refractivity contribution in [3.63, 3.8) is 0 Å². The first-order valence-corrected chi connectivity index (χ1v) is 9.87. The van der Waals surface area contributed by atoms with Crippen molar-refractivity contribution in [1.82, 2.24) is 9.88 Å². The monoisotopic (exact) mass is 417 g/mol. The van der Waals surface area contributed by atoms with Crippen LogP contribution in [0.5, 0.6) is 0 Å². The molecule has 3 aromatic rings. The molecular formula is C20H17F2N3O3S. The van der Waals surface area contributed by atoms with Gasteiger partial charge >= 0.3 is 0 Å². The number of furan rings is 1. The second-order valence-corrected chi connectivity index (χ2v) is 7.78. The van der Waals surface area contributed by atoms with Gasteiger partial charge in [-0.05, 0) is 36.6 Å². The number of amides is 2. The van der Waals surface area contributed by atoms with Gasteiger partial charge in [0.05, 0.1) is 6.26 Å². The number of hydrogen-bond donors (Lipinski definition) is 1. The summed E-state index contributed by atoms with van der Waals surface area (Å²) in [6.07, 6.45) is 4.48. The van der Waals surface area contributed by atoms with Crippen molar-refractivity contribution in [2.75, 3.05) is 11.9 Å². The molecule has 1 aromatic carbocycles. The second kappa shape index (κ2) is 8.12. The van der Waals surface area contributed by atoms with Crippen LogP contribution in [-0.4, -0.2) is 34.3 Å². The van der Waals surface area contributed by atoms with Crippen LogP contribution in [0.4, 0.5) is 13.9 Å². The summed E-state index contributed by atoms with van der Waals surface area (Å²) in [5.74, 6) is -1.70. The summed E-state index contributed by atoms with van der Waals surface area (Å²) in [5, 5.41) is 3.10. The summed E-state index contributed by atoms with van der Waals surface area (Å²) in [7, 11) is 0. The normalized spacial score (nSPS) is 16.2. The van der Waals surface area contributed by atoms with Crippen LogP contribution in [0.3, 0.4) is 0 Å². The van der Waals surface area contributed by atoms with Crippen molar-refractivity contribution in [1.29, 1.82) is 0 Å². The molecule has 0 radical (unpaired) electrons. The van der Waals surface area contributed by atoms with E-state index in [1.807, 2.05) is 0 Å². The van der Waals surface area contributed by atoms with Gasteiger partial charge in [0, 0.05) is 30.1 Å². The number of carbonyl (C=O) groups is 2. The molecule has 1 atom stereocenters. The molecule has 6 nitrogen and oxygen atoms in total. The number of aromatic nitrogens is 1. The van der Waals surface area contributed by atoms with Crippen molar-refractivity contribution in [3.8, 4) is 0 Å². The molecule has 1 aliphatic rings. The lowest BCUT2D eigenvalue weighted by atomic mass is 10.1. The highest BCUT2D eigenvalue weighted by Gasteiger charge is 2.35. The molecule has 9 heteroatoms. The predicted molar refractivity (Wildman–Crippen MR) is 103 cm³/mol. The van der Waals surface area contributed by atoms with Gasteiger partial charge in [-0.25, -0.2) is 13.8 Å². The van der Waals surface area contributed by atoms with Gasteiger partial charge in [0.25, 0.3) is 5.91 Å². The van der Waals surface area contributed by atoms with Crippen LogP contribution in [-0.2, 0) is 11.2 Å². The van der Waals surface area contributed by atoms with E-state index in [4.69, 9.17) is 4.42 Å². The molecule has 3 heterocycles. The molecule has 1 N–H and O–H groups in total. The number of rotatable bonds is 5. The van der Waals surface area contributed by atoms with E-state index in [1.165, 1.54) is 34.6 Å². The van der Waals surface area contributed by atoms with Crippen LogP contribution in [0.25, 0.3) is 0 Å². The number of anilines is 1. The van der Waals surface area contributed by atoms with E-state index in [9.17, 15) is 18.4 Å². The lowest BCUT2D eigenvalue weighted by Crippen LogP contribution is -2.43. The fourth-order valence-electron chi connectivity index (χ4n) is 3.31. The molecule has 1 aliphatic heterocycles.